The van der Waals surface area contributed by atoms with Crippen LogP contribution in [0.3, 0.4) is 0 Å². The minimum atomic E-state index is 0.343. The summed E-state index contributed by atoms with van der Waals surface area (Å²) in [7, 11) is 0. The molecular weight excluding hydrogens is 256 g/mol. The lowest BCUT2D eigenvalue weighted by Crippen LogP contribution is -2.47. The quantitative estimate of drug-likeness (QED) is 0.924. The van der Waals surface area contributed by atoms with Crippen LogP contribution in [0.1, 0.15) is 32.6 Å². The number of thioether (sulfide) groups is 1. The number of hydrogen-bond donors (Lipinski definition) is 1. The van der Waals surface area contributed by atoms with Gasteiger partial charge in [-0.15, -0.1) is 0 Å². The van der Waals surface area contributed by atoms with Crippen LogP contribution in [0.2, 0.25) is 0 Å². The number of imidazole rings is 1. The van der Waals surface area contributed by atoms with Crippen molar-refractivity contribution in [1.82, 2.24) is 14.9 Å². The van der Waals surface area contributed by atoms with Crippen LogP contribution in [0.25, 0.3) is 0 Å². The first kappa shape index (κ1) is 13.0. The summed E-state index contributed by atoms with van der Waals surface area (Å²) < 4.78 is 2.07. The molecule has 1 aromatic rings. The third-order valence-corrected chi connectivity index (χ3v) is 5.32. The van der Waals surface area contributed by atoms with Crippen LogP contribution in [0.15, 0.2) is 23.7 Å². The fraction of sp³-hybridized carbons (Fsp3) is 0.714. The molecule has 2 unspecified atom stereocenters. The molecule has 1 aliphatic carbocycles. The van der Waals surface area contributed by atoms with Crippen molar-refractivity contribution in [3.05, 3.63) is 18.7 Å². The summed E-state index contributed by atoms with van der Waals surface area (Å²) in [6.07, 6.45) is 11.0. The van der Waals surface area contributed by atoms with Crippen LogP contribution in [0.5, 0.6) is 0 Å². The van der Waals surface area contributed by atoms with E-state index in [4.69, 9.17) is 4.99 Å². The molecule has 1 spiro atoms. The molecule has 19 heavy (non-hydrogen) atoms. The first-order chi connectivity index (χ1) is 9.26. The van der Waals surface area contributed by atoms with Gasteiger partial charge in [-0.05, 0) is 18.8 Å². The van der Waals surface area contributed by atoms with E-state index in [1.165, 1.54) is 31.4 Å². The molecule has 2 fully saturated rings. The Morgan fingerprint density at radius 2 is 2.58 bits per heavy atom. The molecule has 3 rings (SSSR count). The first-order valence-electron chi connectivity index (χ1n) is 7.17. The summed E-state index contributed by atoms with van der Waals surface area (Å²) in [6.45, 7) is 4.12. The van der Waals surface area contributed by atoms with Crippen molar-refractivity contribution in [3.8, 4) is 0 Å². The van der Waals surface area contributed by atoms with Crippen molar-refractivity contribution in [1.29, 1.82) is 0 Å². The van der Waals surface area contributed by atoms with Gasteiger partial charge in [-0.3, -0.25) is 4.99 Å². The van der Waals surface area contributed by atoms with E-state index in [1.807, 2.05) is 30.5 Å². The zero-order valence-electron chi connectivity index (χ0n) is 11.5. The highest BCUT2D eigenvalue weighted by atomic mass is 32.2. The van der Waals surface area contributed by atoms with E-state index in [9.17, 15) is 0 Å². The Hall–Kier alpha value is -0.970. The fourth-order valence-corrected chi connectivity index (χ4v) is 4.40. The van der Waals surface area contributed by atoms with Crippen molar-refractivity contribution in [2.45, 2.75) is 44.7 Å². The predicted octanol–water partition coefficient (Wildman–Crippen LogP) is 2.52. The van der Waals surface area contributed by atoms with Crippen molar-refractivity contribution in [2.24, 2.45) is 10.9 Å². The van der Waals surface area contributed by atoms with Crippen LogP contribution < -0.4 is 5.32 Å². The Balaban J connectivity index is 1.53. The molecule has 4 nitrogen and oxygen atoms in total. The van der Waals surface area contributed by atoms with E-state index in [0.717, 1.165) is 24.2 Å². The largest absolute Gasteiger partial charge is 0.359 e. The van der Waals surface area contributed by atoms with Crippen molar-refractivity contribution < 1.29 is 0 Å². The number of aromatic nitrogens is 2. The molecule has 0 amide bonds. The standard InChI is InChI=1S/C14H22N4S/c1-12-3-2-4-14(9-12)10-19-13(17-14)16-6-8-18-7-5-15-11-18/h5,7,11-12H,2-4,6,8-10H2,1H3,(H,16,17). The van der Waals surface area contributed by atoms with Gasteiger partial charge in [-0.2, -0.15) is 0 Å². The minimum absolute atomic E-state index is 0.343. The number of nitrogens with one attached hydrogen (secondary N) is 1. The van der Waals surface area contributed by atoms with E-state index in [2.05, 4.69) is 21.8 Å². The smallest absolute Gasteiger partial charge is 0.157 e. The van der Waals surface area contributed by atoms with E-state index in [1.54, 1.807) is 0 Å². The molecule has 1 N–H and O–H groups in total. The van der Waals surface area contributed by atoms with Crippen LogP contribution in [0.4, 0.5) is 0 Å². The van der Waals surface area contributed by atoms with Gasteiger partial charge in [0.15, 0.2) is 5.17 Å². The molecule has 1 saturated carbocycles. The lowest BCUT2D eigenvalue weighted by molar-refractivity contribution is 0.242. The highest BCUT2D eigenvalue weighted by Gasteiger charge is 2.40. The van der Waals surface area contributed by atoms with Gasteiger partial charge in [-0.1, -0.05) is 31.5 Å². The molecule has 1 aromatic heterocycles. The van der Waals surface area contributed by atoms with Gasteiger partial charge in [0.05, 0.1) is 12.9 Å². The van der Waals surface area contributed by atoms with Crippen LogP contribution >= 0.6 is 11.8 Å². The molecule has 5 heteroatoms. The van der Waals surface area contributed by atoms with Gasteiger partial charge in [0.1, 0.15) is 0 Å². The molecule has 2 atom stereocenters. The number of rotatable bonds is 3. The van der Waals surface area contributed by atoms with Crippen molar-refractivity contribution in [2.75, 3.05) is 12.3 Å². The summed E-state index contributed by atoms with van der Waals surface area (Å²) in [5.74, 6) is 2.05. The second-order valence-corrected chi connectivity index (χ2v) is 6.85. The van der Waals surface area contributed by atoms with Crippen LogP contribution in [-0.2, 0) is 6.54 Å². The minimum Gasteiger partial charge on any atom is -0.359 e. The van der Waals surface area contributed by atoms with Gasteiger partial charge in [-0.25, -0.2) is 4.98 Å². The van der Waals surface area contributed by atoms with Gasteiger partial charge >= 0.3 is 0 Å². The van der Waals surface area contributed by atoms with E-state index in [-0.39, 0.29) is 0 Å². The van der Waals surface area contributed by atoms with Gasteiger partial charge in [0.2, 0.25) is 0 Å². The molecule has 2 heterocycles. The first-order valence-corrected chi connectivity index (χ1v) is 8.16. The van der Waals surface area contributed by atoms with Gasteiger partial charge in [0.25, 0.3) is 0 Å². The van der Waals surface area contributed by atoms with Crippen molar-refractivity contribution >= 4 is 16.9 Å². The molecular formula is C14H22N4S. The maximum atomic E-state index is 4.69. The third-order valence-electron chi connectivity index (χ3n) is 4.12. The fourth-order valence-electron chi connectivity index (χ4n) is 3.18. The third kappa shape index (κ3) is 3.14. The number of hydrogen-bond acceptors (Lipinski definition) is 3. The van der Waals surface area contributed by atoms with Gasteiger partial charge < -0.3 is 9.88 Å². The highest BCUT2D eigenvalue weighted by Crippen LogP contribution is 2.38. The Morgan fingerprint density at radius 3 is 3.37 bits per heavy atom. The summed E-state index contributed by atoms with van der Waals surface area (Å²) in [5, 5.41) is 4.85. The molecule has 2 aliphatic rings. The molecule has 104 valence electrons. The summed E-state index contributed by atoms with van der Waals surface area (Å²) in [4.78, 5) is 8.74. The number of nitrogens with zero attached hydrogens (tertiary/aromatic N) is 3. The Morgan fingerprint density at radius 1 is 1.63 bits per heavy atom. The van der Waals surface area contributed by atoms with Crippen LogP contribution in [-0.4, -0.2) is 32.6 Å². The average molecular weight is 278 g/mol. The summed E-state index contributed by atoms with van der Waals surface area (Å²) in [5.41, 5.74) is 0.343. The topological polar surface area (TPSA) is 42.2 Å². The van der Waals surface area contributed by atoms with Crippen molar-refractivity contribution in [3.63, 3.8) is 0 Å². The average Bonchev–Trinajstić information content (AvgIpc) is 3.00. The zero-order valence-corrected chi connectivity index (χ0v) is 12.3. The SMILES string of the molecule is CC1CCCC2(CSC(=NCCn3ccnc3)N2)C1. The maximum absolute atomic E-state index is 4.69. The lowest BCUT2D eigenvalue weighted by Gasteiger charge is -2.36. The monoisotopic (exact) mass is 278 g/mol. The summed E-state index contributed by atoms with van der Waals surface area (Å²) >= 11 is 1.90. The maximum Gasteiger partial charge on any atom is 0.157 e. The predicted molar refractivity (Wildman–Crippen MR) is 80.5 cm³/mol. The van der Waals surface area contributed by atoms with E-state index in [0.29, 0.717) is 5.54 Å². The molecule has 0 aromatic carbocycles. The van der Waals surface area contributed by atoms with E-state index >= 15 is 0 Å². The van der Waals surface area contributed by atoms with Gasteiger partial charge in [0, 0.05) is 30.2 Å². The van der Waals surface area contributed by atoms with Crippen LogP contribution in [0, 0.1) is 5.92 Å². The Bertz CT molecular complexity index is 442. The second kappa shape index (κ2) is 5.57. The lowest BCUT2D eigenvalue weighted by atomic mass is 9.78. The molecule has 0 radical (unpaired) electrons. The molecule has 0 bridgehead atoms. The molecule has 1 saturated heterocycles. The number of amidine groups is 1. The Kier molecular flexibility index (Phi) is 3.82. The number of aliphatic imine (C=N–C) groups is 1. The Labute approximate surface area is 119 Å². The summed E-state index contributed by atoms with van der Waals surface area (Å²) in [6, 6.07) is 0. The van der Waals surface area contributed by atoms with E-state index < -0.39 is 0 Å². The molecule has 1 aliphatic heterocycles. The second-order valence-electron chi connectivity index (χ2n) is 5.88. The normalized spacial score (nSPS) is 32.9. The highest BCUT2D eigenvalue weighted by molar-refractivity contribution is 8.14. The zero-order chi connectivity index (χ0) is 13.1.